The molecule has 0 bridgehead atoms. The SMILES string of the molecule is Cc1ccccc1OCCSc1nnc(-c2ccc(Cl)cc2)n1CC1CCCO1. The van der Waals surface area contributed by atoms with Gasteiger partial charge in [0.15, 0.2) is 11.0 Å². The van der Waals surface area contributed by atoms with Crippen LogP contribution in [0.5, 0.6) is 5.75 Å². The van der Waals surface area contributed by atoms with Gasteiger partial charge >= 0.3 is 0 Å². The third-order valence-electron chi connectivity index (χ3n) is 4.90. The van der Waals surface area contributed by atoms with Crippen LogP contribution >= 0.6 is 23.4 Å². The summed E-state index contributed by atoms with van der Waals surface area (Å²) >= 11 is 7.70. The second-order valence-corrected chi connectivity index (χ2v) is 8.52. The van der Waals surface area contributed by atoms with Crippen molar-refractivity contribution in [1.29, 1.82) is 0 Å². The molecule has 1 aliphatic rings. The fourth-order valence-electron chi connectivity index (χ4n) is 3.37. The summed E-state index contributed by atoms with van der Waals surface area (Å²) in [5.41, 5.74) is 2.15. The number of para-hydroxylation sites is 1. The molecule has 0 radical (unpaired) electrons. The van der Waals surface area contributed by atoms with Gasteiger partial charge in [0.05, 0.1) is 19.3 Å². The number of rotatable bonds is 8. The van der Waals surface area contributed by atoms with Crippen molar-refractivity contribution in [2.75, 3.05) is 19.0 Å². The first-order valence-electron chi connectivity index (χ1n) is 9.82. The van der Waals surface area contributed by atoms with E-state index >= 15 is 0 Å². The molecule has 3 aromatic rings. The summed E-state index contributed by atoms with van der Waals surface area (Å²) in [5.74, 6) is 2.56. The Morgan fingerprint density at radius 2 is 2.00 bits per heavy atom. The minimum absolute atomic E-state index is 0.208. The van der Waals surface area contributed by atoms with E-state index in [-0.39, 0.29) is 6.10 Å². The number of hydrogen-bond donors (Lipinski definition) is 0. The largest absolute Gasteiger partial charge is 0.492 e. The summed E-state index contributed by atoms with van der Waals surface area (Å²) in [4.78, 5) is 0. The number of ether oxygens (including phenoxy) is 2. The van der Waals surface area contributed by atoms with Crippen molar-refractivity contribution < 1.29 is 9.47 Å². The molecule has 7 heteroatoms. The maximum atomic E-state index is 6.05. The molecule has 5 nitrogen and oxygen atoms in total. The van der Waals surface area contributed by atoms with Gasteiger partial charge in [0, 0.05) is 22.9 Å². The van der Waals surface area contributed by atoms with Crippen LogP contribution in [0.4, 0.5) is 0 Å². The van der Waals surface area contributed by atoms with Crippen LogP contribution in [0.15, 0.2) is 53.7 Å². The fraction of sp³-hybridized carbons (Fsp3) is 0.364. The summed E-state index contributed by atoms with van der Waals surface area (Å²) in [6, 6.07) is 15.8. The molecule has 0 N–H and O–H groups in total. The van der Waals surface area contributed by atoms with Crippen LogP contribution in [0.25, 0.3) is 11.4 Å². The van der Waals surface area contributed by atoms with Gasteiger partial charge in [0.25, 0.3) is 0 Å². The lowest BCUT2D eigenvalue weighted by molar-refractivity contribution is 0.0953. The average molecular weight is 430 g/mol. The van der Waals surface area contributed by atoms with Gasteiger partial charge in [-0.05, 0) is 55.7 Å². The third-order valence-corrected chi connectivity index (χ3v) is 6.08. The smallest absolute Gasteiger partial charge is 0.191 e. The molecule has 4 rings (SSSR count). The monoisotopic (exact) mass is 429 g/mol. The Morgan fingerprint density at radius 1 is 1.17 bits per heavy atom. The number of nitrogens with zero attached hydrogens (tertiary/aromatic N) is 3. The second kappa shape index (κ2) is 9.65. The Hall–Kier alpha value is -2.02. The fourth-order valence-corrected chi connectivity index (χ4v) is 4.26. The van der Waals surface area contributed by atoms with Gasteiger partial charge in [-0.15, -0.1) is 10.2 Å². The topological polar surface area (TPSA) is 49.2 Å². The molecule has 1 unspecified atom stereocenters. The van der Waals surface area contributed by atoms with E-state index in [4.69, 9.17) is 21.1 Å². The van der Waals surface area contributed by atoms with E-state index in [1.807, 2.05) is 42.5 Å². The first kappa shape index (κ1) is 20.3. The number of halogens is 1. The molecule has 0 saturated carbocycles. The zero-order valence-corrected chi connectivity index (χ0v) is 18.0. The molecule has 1 aromatic heterocycles. The van der Waals surface area contributed by atoms with Gasteiger partial charge in [0.2, 0.25) is 0 Å². The van der Waals surface area contributed by atoms with Crippen LogP contribution in [0.3, 0.4) is 0 Å². The molecule has 0 amide bonds. The highest BCUT2D eigenvalue weighted by atomic mass is 35.5. The van der Waals surface area contributed by atoms with Crippen LogP contribution in [0.2, 0.25) is 5.02 Å². The summed E-state index contributed by atoms with van der Waals surface area (Å²) in [7, 11) is 0. The standard InChI is InChI=1S/C22H24ClN3O2S/c1-16-5-2-3-7-20(16)28-13-14-29-22-25-24-21(17-8-10-18(23)11-9-17)26(22)15-19-6-4-12-27-19/h2-3,5,7-11,19H,4,6,12-15H2,1H3. The number of thioether (sulfide) groups is 1. The quantitative estimate of drug-likeness (QED) is 0.361. The van der Waals surface area contributed by atoms with Gasteiger partial charge in [-0.1, -0.05) is 41.6 Å². The Balaban J connectivity index is 1.46. The molecule has 2 heterocycles. The zero-order chi connectivity index (χ0) is 20.1. The van der Waals surface area contributed by atoms with Crippen molar-refractivity contribution >= 4 is 23.4 Å². The van der Waals surface area contributed by atoms with Gasteiger partial charge in [-0.25, -0.2) is 0 Å². The molecule has 1 saturated heterocycles. The molecular weight excluding hydrogens is 406 g/mol. The molecular formula is C22H24ClN3O2S. The van der Waals surface area contributed by atoms with Gasteiger partial charge in [-0.3, -0.25) is 4.57 Å². The Kier molecular flexibility index (Phi) is 6.74. The number of benzene rings is 2. The van der Waals surface area contributed by atoms with Crippen LogP contribution in [-0.4, -0.2) is 39.8 Å². The minimum atomic E-state index is 0.208. The maximum Gasteiger partial charge on any atom is 0.191 e. The van der Waals surface area contributed by atoms with E-state index in [0.29, 0.717) is 11.6 Å². The highest BCUT2D eigenvalue weighted by Crippen LogP contribution is 2.27. The Labute approximate surface area is 180 Å². The van der Waals surface area contributed by atoms with Crippen LogP contribution < -0.4 is 4.74 Å². The first-order chi connectivity index (χ1) is 14.2. The highest BCUT2D eigenvalue weighted by Gasteiger charge is 2.21. The van der Waals surface area contributed by atoms with Crippen LogP contribution in [0, 0.1) is 6.92 Å². The maximum absolute atomic E-state index is 6.05. The second-order valence-electron chi connectivity index (χ2n) is 7.02. The van der Waals surface area contributed by atoms with Crippen molar-refractivity contribution in [3.63, 3.8) is 0 Å². The third kappa shape index (κ3) is 5.13. The van der Waals surface area contributed by atoms with Crippen LogP contribution in [-0.2, 0) is 11.3 Å². The summed E-state index contributed by atoms with van der Waals surface area (Å²) in [6.07, 6.45) is 2.38. The van der Waals surface area contributed by atoms with E-state index < -0.39 is 0 Å². The first-order valence-corrected chi connectivity index (χ1v) is 11.2. The van der Waals surface area contributed by atoms with E-state index in [9.17, 15) is 0 Å². The van der Waals surface area contributed by atoms with Gasteiger partial charge in [-0.2, -0.15) is 0 Å². The predicted molar refractivity (Wildman–Crippen MR) is 117 cm³/mol. The number of hydrogen-bond acceptors (Lipinski definition) is 5. The minimum Gasteiger partial charge on any atom is -0.492 e. The molecule has 0 spiro atoms. The average Bonchev–Trinajstić information content (AvgIpc) is 3.38. The summed E-state index contributed by atoms with van der Waals surface area (Å²) in [5, 5.41) is 10.5. The van der Waals surface area contributed by atoms with Crippen molar-refractivity contribution in [2.45, 2.75) is 37.6 Å². The predicted octanol–water partition coefficient (Wildman–Crippen LogP) is 5.26. The lowest BCUT2D eigenvalue weighted by atomic mass is 10.2. The van der Waals surface area contributed by atoms with Crippen molar-refractivity contribution in [2.24, 2.45) is 0 Å². The van der Waals surface area contributed by atoms with E-state index in [1.165, 1.54) is 0 Å². The number of aromatic nitrogens is 3. The highest BCUT2D eigenvalue weighted by molar-refractivity contribution is 7.99. The Bertz CT molecular complexity index is 939. The van der Waals surface area contributed by atoms with E-state index in [2.05, 4.69) is 27.8 Å². The molecule has 29 heavy (non-hydrogen) atoms. The number of aryl methyl sites for hydroxylation is 1. The molecule has 1 atom stereocenters. The van der Waals surface area contributed by atoms with Gasteiger partial charge in [0.1, 0.15) is 5.75 Å². The van der Waals surface area contributed by atoms with E-state index in [0.717, 1.165) is 59.6 Å². The Morgan fingerprint density at radius 3 is 2.76 bits per heavy atom. The van der Waals surface area contributed by atoms with Crippen molar-refractivity contribution in [3.8, 4) is 17.1 Å². The molecule has 1 fully saturated rings. The normalized spacial score (nSPS) is 16.3. The van der Waals surface area contributed by atoms with Gasteiger partial charge < -0.3 is 9.47 Å². The lowest BCUT2D eigenvalue weighted by Crippen LogP contribution is -2.17. The van der Waals surface area contributed by atoms with Crippen LogP contribution in [0.1, 0.15) is 18.4 Å². The summed E-state index contributed by atoms with van der Waals surface area (Å²) < 4.78 is 13.9. The molecule has 0 aliphatic carbocycles. The van der Waals surface area contributed by atoms with Crippen molar-refractivity contribution in [1.82, 2.24) is 14.8 Å². The van der Waals surface area contributed by atoms with E-state index in [1.54, 1.807) is 11.8 Å². The molecule has 1 aliphatic heterocycles. The zero-order valence-electron chi connectivity index (χ0n) is 16.4. The lowest BCUT2D eigenvalue weighted by Gasteiger charge is -2.15. The molecule has 152 valence electrons. The molecule has 2 aromatic carbocycles. The van der Waals surface area contributed by atoms with Crippen molar-refractivity contribution in [3.05, 3.63) is 59.1 Å². The summed E-state index contributed by atoms with van der Waals surface area (Å²) in [6.45, 7) is 4.25.